The Kier molecular flexibility index (Phi) is 6.47. The molecule has 0 radical (unpaired) electrons. The van der Waals surface area contributed by atoms with Crippen LogP contribution in [0.4, 0.5) is 10.1 Å². The average Bonchev–Trinajstić information content (AvgIpc) is 2.38. The number of halogens is 1. The van der Waals surface area contributed by atoms with Gasteiger partial charge in [-0.05, 0) is 37.3 Å². The molecular formula is C17H29FN2. The zero-order valence-electron chi connectivity index (χ0n) is 13.5. The summed E-state index contributed by atoms with van der Waals surface area (Å²) >= 11 is 0. The summed E-state index contributed by atoms with van der Waals surface area (Å²) in [6.07, 6.45) is 2.02. The summed E-state index contributed by atoms with van der Waals surface area (Å²) in [6, 6.07) is 5.42. The molecule has 3 heteroatoms. The molecule has 0 aromatic heterocycles. The van der Waals surface area contributed by atoms with Crippen LogP contribution in [0.25, 0.3) is 0 Å². The van der Waals surface area contributed by atoms with Gasteiger partial charge >= 0.3 is 0 Å². The minimum atomic E-state index is -0.162. The highest BCUT2D eigenvalue weighted by molar-refractivity contribution is 5.57. The Balaban J connectivity index is 3.32. The van der Waals surface area contributed by atoms with Crippen LogP contribution in [0, 0.1) is 11.7 Å². The molecule has 20 heavy (non-hydrogen) atoms. The molecule has 0 aliphatic carbocycles. The zero-order valence-corrected chi connectivity index (χ0v) is 13.5. The molecule has 0 aliphatic rings. The molecule has 0 heterocycles. The van der Waals surface area contributed by atoms with Crippen molar-refractivity contribution in [2.24, 2.45) is 11.7 Å². The molecule has 1 rings (SSSR count). The van der Waals surface area contributed by atoms with Gasteiger partial charge in [-0.2, -0.15) is 0 Å². The van der Waals surface area contributed by atoms with Gasteiger partial charge in [0.2, 0.25) is 0 Å². The topological polar surface area (TPSA) is 29.3 Å². The maximum atomic E-state index is 14.4. The second kappa shape index (κ2) is 7.63. The van der Waals surface area contributed by atoms with E-state index >= 15 is 0 Å². The van der Waals surface area contributed by atoms with Crippen molar-refractivity contribution in [1.82, 2.24) is 0 Å². The number of nitrogens with zero attached hydrogens (tertiary/aromatic N) is 1. The van der Waals surface area contributed by atoms with E-state index in [0.29, 0.717) is 17.6 Å². The molecular weight excluding hydrogens is 251 g/mol. The third-order valence-electron chi connectivity index (χ3n) is 3.74. The van der Waals surface area contributed by atoms with Gasteiger partial charge < -0.3 is 10.6 Å². The van der Waals surface area contributed by atoms with Crippen molar-refractivity contribution >= 4 is 5.69 Å². The van der Waals surface area contributed by atoms with Gasteiger partial charge in [0.25, 0.3) is 0 Å². The van der Waals surface area contributed by atoms with E-state index in [2.05, 4.69) is 32.6 Å². The fraction of sp³-hybridized carbons (Fsp3) is 0.647. The van der Waals surface area contributed by atoms with Gasteiger partial charge in [0, 0.05) is 18.6 Å². The van der Waals surface area contributed by atoms with E-state index < -0.39 is 0 Å². The van der Waals surface area contributed by atoms with Crippen molar-refractivity contribution in [3.8, 4) is 0 Å². The van der Waals surface area contributed by atoms with Crippen LogP contribution in [0.3, 0.4) is 0 Å². The van der Waals surface area contributed by atoms with Crippen LogP contribution in [0.5, 0.6) is 0 Å². The Bertz CT molecular complexity index is 411. The Morgan fingerprint density at radius 1 is 1.15 bits per heavy atom. The SMILES string of the molecule is CCC(CC)N(CC(C)C)c1c(F)cccc1[C@@H](C)N. The van der Waals surface area contributed by atoms with Crippen LogP contribution in [-0.2, 0) is 0 Å². The van der Waals surface area contributed by atoms with E-state index in [9.17, 15) is 4.39 Å². The van der Waals surface area contributed by atoms with Gasteiger partial charge in [-0.3, -0.25) is 0 Å². The fourth-order valence-corrected chi connectivity index (χ4v) is 2.75. The average molecular weight is 280 g/mol. The van der Waals surface area contributed by atoms with Crippen molar-refractivity contribution in [2.75, 3.05) is 11.4 Å². The first-order valence-electron chi connectivity index (χ1n) is 7.72. The number of anilines is 1. The van der Waals surface area contributed by atoms with E-state index in [1.165, 1.54) is 6.07 Å². The van der Waals surface area contributed by atoms with Gasteiger partial charge in [0.05, 0.1) is 5.69 Å². The third kappa shape index (κ3) is 3.95. The maximum Gasteiger partial charge on any atom is 0.146 e. The molecule has 1 atom stereocenters. The maximum absolute atomic E-state index is 14.4. The molecule has 0 saturated carbocycles. The number of hydrogen-bond acceptors (Lipinski definition) is 2. The first-order valence-corrected chi connectivity index (χ1v) is 7.72. The molecule has 0 fully saturated rings. The van der Waals surface area contributed by atoms with Crippen LogP contribution in [0.2, 0.25) is 0 Å². The second-order valence-electron chi connectivity index (χ2n) is 5.98. The Labute approximate surface area is 123 Å². The molecule has 0 bridgehead atoms. The van der Waals surface area contributed by atoms with Crippen molar-refractivity contribution in [2.45, 2.75) is 59.5 Å². The van der Waals surface area contributed by atoms with E-state index in [0.717, 1.165) is 24.9 Å². The van der Waals surface area contributed by atoms with Gasteiger partial charge in [-0.1, -0.05) is 39.8 Å². The molecule has 0 saturated heterocycles. The molecule has 1 aromatic carbocycles. The monoisotopic (exact) mass is 280 g/mol. The molecule has 1 aromatic rings. The molecule has 0 unspecified atom stereocenters. The van der Waals surface area contributed by atoms with Crippen LogP contribution < -0.4 is 10.6 Å². The second-order valence-corrected chi connectivity index (χ2v) is 5.98. The number of hydrogen-bond donors (Lipinski definition) is 1. The summed E-state index contributed by atoms with van der Waals surface area (Å²) in [5.74, 6) is 0.323. The van der Waals surface area contributed by atoms with Gasteiger partial charge in [-0.15, -0.1) is 0 Å². The van der Waals surface area contributed by atoms with Gasteiger partial charge in [0.15, 0.2) is 0 Å². The summed E-state index contributed by atoms with van der Waals surface area (Å²) < 4.78 is 14.4. The number of benzene rings is 1. The summed E-state index contributed by atoms with van der Waals surface area (Å²) in [7, 11) is 0. The minimum Gasteiger partial charge on any atom is -0.366 e. The summed E-state index contributed by atoms with van der Waals surface area (Å²) in [5, 5.41) is 0. The van der Waals surface area contributed by atoms with E-state index in [4.69, 9.17) is 5.73 Å². The summed E-state index contributed by atoms with van der Waals surface area (Å²) in [6.45, 7) is 11.4. The Hall–Kier alpha value is -1.09. The lowest BCUT2D eigenvalue weighted by molar-refractivity contribution is 0.493. The largest absolute Gasteiger partial charge is 0.366 e. The summed E-state index contributed by atoms with van der Waals surface area (Å²) in [4.78, 5) is 2.22. The summed E-state index contributed by atoms with van der Waals surface area (Å²) in [5.41, 5.74) is 7.64. The minimum absolute atomic E-state index is 0.160. The predicted molar refractivity (Wildman–Crippen MR) is 85.6 cm³/mol. The van der Waals surface area contributed by atoms with Crippen LogP contribution in [0.15, 0.2) is 18.2 Å². The van der Waals surface area contributed by atoms with Crippen LogP contribution >= 0.6 is 0 Å². The highest BCUT2D eigenvalue weighted by atomic mass is 19.1. The highest BCUT2D eigenvalue weighted by Crippen LogP contribution is 2.32. The van der Waals surface area contributed by atoms with Crippen molar-refractivity contribution < 1.29 is 4.39 Å². The molecule has 0 amide bonds. The lowest BCUT2D eigenvalue weighted by Gasteiger charge is -2.36. The van der Waals surface area contributed by atoms with E-state index in [-0.39, 0.29) is 11.9 Å². The van der Waals surface area contributed by atoms with E-state index in [1.54, 1.807) is 6.07 Å². The molecule has 0 aliphatic heterocycles. The standard InChI is InChI=1S/C17H29FN2/c1-6-14(7-2)20(11-12(3)4)17-15(13(5)19)9-8-10-16(17)18/h8-10,12-14H,6-7,11,19H2,1-5H3/t13-/m1/s1. The lowest BCUT2D eigenvalue weighted by Crippen LogP contribution is -2.39. The van der Waals surface area contributed by atoms with Crippen LogP contribution in [-0.4, -0.2) is 12.6 Å². The van der Waals surface area contributed by atoms with Crippen molar-refractivity contribution in [1.29, 1.82) is 0 Å². The molecule has 2 N–H and O–H groups in total. The van der Waals surface area contributed by atoms with E-state index in [1.807, 2.05) is 13.0 Å². The molecule has 114 valence electrons. The van der Waals surface area contributed by atoms with Crippen molar-refractivity contribution in [3.63, 3.8) is 0 Å². The smallest absolute Gasteiger partial charge is 0.146 e. The predicted octanol–water partition coefficient (Wildman–Crippen LogP) is 4.50. The molecule has 2 nitrogen and oxygen atoms in total. The normalized spacial score (nSPS) is 13.1. The number of para-hydroxylation sites is 1. The zero-order chi connectivity index (χ0) is 15.3. The van der Waals surface area contributed by atoms with Gasteiger partial charge in [-0.25, -0.2) is 4.39 Å². The fourth-order valence-electron chi connectivity index (χ4n) is 2.75. The number of rotatable bonds is 7. The first-order chi connectivity index (χ1) is 9.42. The number of nitrogens with two attached hydrogens (primary N) is 1. The van der Waals surface area contributed by atoms with Gasteiger partial charge in [0.1, 0.15) is 5.82 Å². The lowest BCUT2D eigenvalue weighted by atomic mass is 10.0. The molecule has 0 spiro atoms. The Morgan fingerprint density at radius 3 is 2.20 bits per heavy atom. The van der Waals surface area contributed by atoms with Crippen molar-refractivity contribution in [3.05, 3.63) is 29.6 Å². The third-order valence-corrected chi connectivity index (χ3v) is 3.74. The highest BCUT2D eigenvalue weighted by Gasteiger charge is 2.23. The Morgan fingerprint density at radius 2 is 1.75 bits per heavy atom. The quantitative estimate of drug-likeness (QED) is 0.797. The first kappa shape index (κ1) is 17.0. The van der Waals surface area contributed by atoms with Crippen LogP contribution in [0.1, 0.15) is 59.1 Å².